The van der Waals surface area contributed by atoms with Crippen LogP contribution in [-0.2, 0) is 9.53 Å². The molecule has 6 N–H and O–H groups in total. The first-order chi connectivity index (χ1) is 24.2. The molecule has 11 heteroatoms. The number of ether oxygens (including phenoxy) is 1. The minimum atomic E-state index is -0.678. The zero-order chi connectivity index (χ0) is 37.2. The molecule has 0 unspecified atom stereocenters. The second kappa shape index (κ2) is 12.6. The Morgan fingerprint density at radius 3 is 1.63 bits per heavy atom. The van der Waals surface area contributed by atoms with Crippen LogP contribution in [0, 0.1) is 13.8 Å². The highest BCUT2D eigenvalue weighted by atomic mass is 16.5. The molecule has 0 aromatic heterocycles. The number of hydrogen-bond acceptors (Lipinski definition) is 10. The lowest BCUT2D eigenvalue weighted by molar-refractivity contribution is -0.114. The van der Waals surface area contributed by atoms with Crippen molar-refractivity contribution in [2.75, 3.05) is 12.1 Å². The van der Waals surface area contributed by atoms with Crippen LogP contribution in [0.25, 0.3) is 38.7 Å². The Kier molecular flexibility index (Phi) is 8.54. The number of hydrazone groups is 1. The van der Waals surface area contributed by atoms with E-state index in [0.717, 1.165) is 5.01 Å². The van der Waals surface area contributed by atoms with Gasteiger partial charge in [-0.05, 0) is 65.8 Å². The largest absolute Gasteiger partial charge is 0.507 e. The predicted molar refractivity (Wildman–Crippen MR) is 196 cm³/mol. The highest BCUT2D eigenvalue weighted by molar-refractivity contribution is 6.31. The molecule has 0 saturated heterocycles. The molecule has 1 heterocycles. The number of benzene rings is 5. The molecule has 11 nitrogen and oxygen atoms in total. The Balaban J connectivity index is 1.73. The number of aromatic hydroxyl groups is 6. The van der Waals surface area contributed by atoms with Gasteiger partial charge in [-0.25, -0.2) is 0 Å². The Hall–Kier alpha value is -6.23. The molecule has 0 radical (unpaired) electrons. The van der Waals surface area contributed by atoms with Crippen molar-refractivity contribution in [3.05, 3.63) is 81.4 Å². The van der Waals surface area contributed by atoms with E-state index >= 15 is 0 Å². The highest BCUT2D eigenvalue weighted by Gasteiger charge is 2.35. The number of methoxy groups -OCH3 is 1. The Morgan fingerprint density at radius 1 is 0.706 bits per heavy atom. The van der Waals surface area contributed by atoms with Gasteiger partial charge in [0.15, 0.2) is 29.3 Å². The van der Waals surface area contributed by atoms with E-state index in [9.17, 15) is 40.2 Å². The summed E-state index contributed by atoms with van der Waals surface area (Å²) in [4.78, 5) is 26.1. The summed E-state index contributed by atoms with van der Waals surface area (Å²) < 4.78 is 5.46. The maximum atomic E-state index is 13.8. The molecule has 1 aliphatic heterocycles. The van der Waals surface area contributed by atoms with Crippen molar-refractivity contribution >= 4 is 51.4 Å². The number of anilines is 1. The molecule has 6 rings (SSSR count). The number of nitrogens with zero attached hydrogens (tertiary/aromatic N) is 2. The summed E-state index contributed by atoms with van der Waals surface area (Å²) in [5.41, 5.74) is 1.83. The molecule has 5 aromatic carbocycles. The average molecular weight is 691 g/mol. The monoisotopic (exact) mass is 690 g/mol. The number of phenols is 6. The van der Waals surface area contributed by atoms with Crippen molar-refractivity contribution in [2.24, 2.45) is 5.10 Å². The van der Waals surface area contributed by atoms with Crippen LogP contribution in [-0.4, -0.2) is 55.8 Å². The zero-order valence-corrected chi connectivity index (χ0v) is 29.2. The van der Waals surface area contributed by atoms with Gasteiger partial charge in [-0.1, -0.05) is 58.0 Å². The van der Waals surface area contributed by atoms with Crippen LogP contribution < -0.4 is 5.01 Å². The normalized spacial score (nSPS) is 14.1. The van der Waals surface area contributed by atoms with Gasteiger partial charge in [0.1, 0.15) is 17.1 Å². The maximum absolute atomic E-state index is 13.8. The lowest BCUT2D eigenvalue weighted by Gasteiger charge is -2.23. The van der Waals surface area contributed by atoms with Crippen LogP contribution in [0.15, 0.2) is 53.1 Å². The minimum absolute atomic E-state index is 0.0132. The SMILES string of the molecule is COC1=NN(c2ccccc2)C(=O)/C1=C\c1c(O)c(O)c(C(C)C)c2cc(C)c(-c3c(C)cc4c(C(C)C)c(O)c(O)c(C=O)c4c3O)c(O)c12. The molecule has 0 saturated carbocycles. The summed E-state index contributed by atoms with van der Waals surface area (Å²) in [5.74, 6) is -4.29. The van der Waals surface area contributed by atoms with Crippen LogP contribution in [0.2, 0.25) is 0 Å². The van der Waals surface area contributed by atoms with Crippen molar-refractivity contribution < 1.29 is 45.0 Å². The summed E-state index contributed by atoms with van der Waals surface area (Å²) in [7, 11) is 1.34. The predicted octanol–water partition coefficient (Wildman–Crippen LogP) is 7.96. The van der Waals surface area contributed by atoms with Gasteiger partial charge in [0.25, 0.3) is 5.91 Å². The number of rotatable bonds is 6. The average Bonchev–Trinajstić information content (AvgIpc) is 3.40. The van der Waals surface area contributed by atoms with Crippen LogP contribution >= 0.6 is 0 Å². The standard InChI is InChI=1S/C40H38N2O9/c1-17(2)27-22-13-19(5)29(30-20(6)14-23-28(18(3)4)38(49)34(45)26(16-43)32(23)36(30)47)35(46)31(22)24(33(44)37(27)48)15-25-39(51-7)41-42(40(25)50)21-11-9-8-10-12-21/h8-18,44-49H,1-7H3/b25-15-. The minimum Gasteiger partial charge on any atom is -0.507 e. The highest BCUT2D eigenvalue weighted by Crippen LogP contribution is 2.55. The summed E-state index contributed by atoms with van der Waals surface area (Å²) in [6.45, 7) is 10.6. The molecular formula is C40H38N2O9. The number of aryl methyl sites for hydroxylation is 2. The molecule has 0 bridgehead atoms. The van der Waals surface area contributed by atoms with Gasteiger partial charge in [-0.15, -0.1) is 5.10 Å². The first-order valence-corrected chi connectivity index (χ1v) is 16.3. The maximum Gasteiger partial charge on any atom is 0.284 e. The first kappa shape index (κ1) is 34.6. The summed E-state index contributed by atoms with van der Waals surface area (Å²) >= 11 is 0. The van der Waals surface area contributed by atoms with Crippen LogP contribution in [0.4, 0.5) is 5.69 Å². The molecule has 5 aromatic rings. The molecular weight excluding hydrogens is 652 g/mol. The molecule has 0 fully saturated rings. The van der Waals surface area contributed by atoms with E-state index in [1.54, 1.807) is 70.2 Å². The molecule has 0 aliphatic carbocycles. The number of carbonyl (C=O) groups excluding carboxylic acids is 2. The lowest BCUT2D eigenvalue weighted by atomic mass is 9.83. The summed E-state index contributed by atoms with van der Waals surface area (Å²) in [6.07, 6.45) is 1.64. The van der Waals surface area contributed by atoms with E-state index in [1.807, 2.05) is 13.8 Å². The molecule has 262 valence electrons. The third-order valence-electron chi connectivity index (χ3n) is 9.43. The number of phenolic OH excluding ortho intramolecular Hbond substituents is 6. The zero-order valence-electron chi connectivity index (χ0n) is 29.2. The van der Waals surface area contributed by atoms with Gasteiger partial charge >= 0.3 is 0 Å². The fourth-order valence-electron chi connectivity index (χ4n) is 7.19. The lowest BCUT2D eigenvalue weighted by Crippen LogP contribution is -2.21. The number of aldehydes is 1. The van der Waals surface area contributed by atoms with E-state index < -0.39 is 40.4 Å². The fourth-order valence-corrected chi connectivity index (χ4v) is 7.19. The Bertz CT molecular complexity index is 2370. The number of fused-ring (bicyclic) bond motifs is 2. The van der Waals surface area contributed by atoms with Crippen molar-refractivity contribution in [1.82, 2.24) is 0 Å². The number of carbonyl (C=O) groups is 2. The first-order valence-electron chi connectivity index (χ1n) is 16.3. The van der Waals surface area contributed by atoms with Gasteiger partial charge in [0.05, 0.1) is 18.4 Å². The smallest absolute Gasteiger partial charge is 0.284 e. The topological polar surface area (TPSA) is 180 Å². The van der Waals surface area contributed by atoms with Crippen molar-refractivity contribution in [3.63, 3.8) is 0 Å². The second-order valence-corrected chi connectivity index (χ2v) is 13.3. The summed E-state index contributed by atoms with van der Waals surface area (Å²) in [5, 5.41) is 75.1. The quantitative estimate of drug-likeness (QED) is 0.0585. The van der Waals surface area contributed by atoms with E-state index in [2.05, 4.69) is 5.10 Å². The van der Waals surface area contributed by atoms with Gasteiger partial charge in [0.2, 0.25) is 5.90 Å². The van der Waals surface area contributed by atoms with Gasteiger partial charge in [-0.3, -0.25) is 9.59 Å². The Labute approximate surface area is 293 Å². The van der Waals surface area contributed by atoms with Gasteiger partial charge in [-0.2, -0.15) is 5.01 Å². The summed E-state index contributed by atoms with van der Waals surface area (Å²) in [6, 6.07) is 12.0. The number of para-hydroxylation sites is 1. The third-order valence-corrected chi connectivity index (χ3v) is 9.43. The van der Waals surface area contributed by atoms with E-state index in [0.29, 0.717) is 45.0 Å². The molecule has 1 aliphatic rings. The van der Waals surface area contributed by atoms with Gasteiger partial charge < -0.3 is 35.4 Å². The molecule has 1 amide bonds. The van der Waals surface area contributed by atoms with Crippen LogP contribution in [0.1, 0.15) is 77.7 Å². The molecule has 0 atom stereocenters. The van der Waals surface area contributed by atoms with E-state index in [-0.39, 0.29) is 56.3 Å². The number of hydrogen-bond donors (Lipinski definition) is 6. The van der Waals surface area contributed by atoms with Crippen molar-refractivity contribution in [2.45, 2.75) is 53.4 Å². The van der Waals surface area contributed by atoms with Gasteiger partial charge in [0, 0.05) is 38.6 Å². The fraction of sp³-hybridized carbons (Fsp3) is 0.225. The van der Waals surface area contributed by atoms with E-state index in [1.165, 1.54) is 13.2 Å². The Morgan fingerprint density at radius 2 is 1.18 bits per heavy atom. The van der Waals surface area contributed by atoms with Crippen molar-refractivity contribution in [1.29, 1.82) is 0 Å². The van der Waals surface area contributed by atoms with Crippen LogP contribution in [0.5, 0.6) is 34.5 Å². The number of amides is 1. The molecule has 51 heavy (non-hydrogen) atoms. The van der Waals surface area contributed by atoms with Crippen LogP contribution in [0.3, 0.4) is 0 Å². The second-order valence-electron chi connectivity index (χ2n) is 13.3. The third kappa shape index (κ3) is 5.15. The van der Waals surface area contributed by atoms with Crippen molar-refractivity contribution in [3.8, 4) is 45.6 Å². The van der Waals surface area contributed by atoms with E-state index in [4.69, 9.17) is 4.74 Å². The molecule has 0 spiro atoms.